The molecule has 1 aliphatic heterocycles. The molecule has 1 saturated heterocycles. The molecule has 2 aromatic carbocycles. The zero-order valence-corrected chi connectivity index (χ0v) is 21.3. The first-order chi connectivity index (χ1) is 18.5. The monoisotopic (exact) mass is 528 g/mol. The summed E-state index contributed by atoms with van der Waals surface area (Å²) in [6.45, 7) is 3.16. The first-order valence-electron chi connectivity index (χ1n) is 12.4. The molecule has 0 bridgehead atoms. The molecule has 10 heteroatoms. The second-order valence-electron chi connectivity index (χ2n) is 9.26. The number of rotatable bonds is 6. The zero-order chi connectivity index (χ0) is 26.2. The zero-order valence-electron chi connectivity index (χ0n) is 20.6. The molecule has 2 atom stereocenters. The van der Waals surface area contributed by atoms with Crippen LogP contribution in [-0.2, 0) is 4.74 Å². The first kappa shape index (κ1) is 24.1. The van der Waals surface area contributed by atoms with Crippen LogP contribution in [-0.4, -0.2) is 38.8 Å². The van der Waals surface area contributed by atoms with Crippen molar-refractivity contribution in [1.29, 1.82) is 0 Å². The van der Waals surface area contributed by atoms with Gasteiger partial charge in [0.2, 0.25) is 0 Å². The van der Waals surface area contributed by atoms with Crippen LogP contribution in [0.1, 0.15) is 25.1 Å². The SMILES string of the molecule is C[C@H](Nc1ncnc2[nH]ccc(=O)c12)c1c(Cl)c2cccc(NC3CCOC3)c2c(=O)n1-c1ccccc1. The fourth-order valence-corrected chi connectivity index (χ4v) is 5.43. The second-order valence-corrected chi connectivity index (χ2v) is 9.64. The van der Waals surface area contributed by atoms with Crippen molar-refractivity contribution in [3.63, 3.8) is 0 Å². The summed E-state index contributed by atoms with van der Waals surface area (Å²) >= 11 is 7.11. The Labute approximate surface area is 222 Å². The summed E-state index contributed by atoms with van der Waals surface area (Å²) < 4.78 is 7.15. The number of hydrogen-bond acceptors (Lipinski definition) is 7. The van der Waals surface area contributed by atoms with Crippen molar-refractivity contribution < 1.29 is 4.74 Å². The van der Waals surface area contributed by atoms with Gasteiger partial charge in [0.05, 0.1) is 34.8 Å². The number of para-hydroxylation sites is 1. The highest BCUT2D eigenvalue weighted by molar-refractivity contribution is 6.36. The Kier molecular flexibility index (Phi) is 6.30. The van der Waals surface area contributed by atoms with E-state index in [4.69, 9.17) is 16.3 Å². The molecule has 1 unspecified atom stereocenters. The summed E-state index contributed by atoms with van der Waals surface area (Å²) in [4.78, 5) is 38.4. The lowest BCUT2D eigenvalue weighted by Gasteiger charge is -2.24. The Morgan fingerprint density at radius 2 is 1.92 bits per heavy atom. The Hall–Kier alpha value is -4.21. The molecule has 6 rings (SSSR count). The topological polar surface area (TPSA) is 114 Å². The third-order valence-corrected chi connectivity index (χ3v) is 7.20. The number of ether oxygens (including phenoxy) is 1. The highest BCUT2D eigenvalue weighted by atomic mass is 35.5. The van der Waals surface area contributed by atoms with E-state index in [9.17, 15) is 9.59 Å². The predicted molar refractivity (Wildman–Crippen MR) is 150 cm³/mol. The minimum absolute atomic E-state index is 0.119. The summed E-state index contributed by atoms with van der Waals surface area (Å²) in [5.74, 6) is 0.351. The number of anilines is 2. The van der Waals surface area contributed by atoms with Crippen LogP contribution in [0.2, 0.25) is 5.02 Å². The quantitative estimate of drug-likeness (QED) is 0.294. The van der Waals surface area contributed by atoms with Gasteiger partial charge in [0.25, 0.3) is 5.56 Å². The van der Waals surface area contributed by atoms with Gasteiger partial charge >= 0.3 is 0 Å². The Balaban J connectivity index is 1.55. The molecule has 1 aliphatic rings. The van der Waals surface area contributed by atoms with Crippen LogP contribution in [0.25, 0.3) is 27.5 Å². The molecule has 5 aromatic rings. The molecule has 0 spiro atoms. The average Bonchev–Trinajstić information content (AvgIpc) is 3.44. The van der Waals surface area contributed by atoms with Crippen molar-refractivity contribution in [2.75, 3.05) is 23.8 Å². The number of aromatic amines is 1. The highest BCUT2D eigenvalue weighted by Gasteiger charge is 2.25. The minimum Gasteiger partial charge on any atom is -0.379 e. The van der Waals surface area contributed by atoms with Gasteiger partial charge in [0.1, 0.15) is 23.2 Å². The smallest absolute Gasteiger partial charge is 0.265 e. The number of nitrogens with zero attached hydrogens (tertiary/aromatic N) is 3. The van der Waals surface area contributed by atoms with E-state index in [0.717, 1.165) is 12.1 Å². The summed E-state index contributed by atoms with van der Waals surface area (Å²) in [5, 5.41) is 8.70. The van der Waals surface area contributed by atoms with Gasteiger partial charge in [-0.05, 0) is 31.5 Å². The molecule has 0 radical (unpaired) electrons. The maximum atomic E-state index is 14.2. The largest absolute Gasteiger partial charge is 0.379 e. The van der Waals surface area contributed by atoms with Crippen molar-refractivity contribution in [3.05, 3.63) is 98.4 Å². The van der Waals surface area contributed by atoms with E-state index in [1.807, 2.05) is 55.5 Å². The molecule has 192 valence electrons. The number of pyridine rings is 2. The van der Waals surface area contributed by atoms with E-state index in [2.05, 4.69) is 25.6 Å². The van der Waals surface area contributed by atoms with Crippen molar-refractivity contribution in [3.8, 4) is 5.69 Å². The highest BCUT2D eigenvalue weighted by Crippen LogP contribution is 2.35. The summed E-state index contributed by atoms with van der Waals surface area (Å²) in [7, 11) is 0. The van der Waals surface area contributed by atoms with Crippen LogP contribution in [0.5, 0.6) is 0 Å². The molecule has 38 heavy (non-hydrogen) atoms. The lowest BCUT2D eigenvalue weighted by Crippen LogP contribution is -2.28. The fourth-order valence-electron chi connectivity index (χ4n) is 5.02. The number of fused-ring (bicyclic) bond motifs is 2. The van der Waals surface area contributed by atoms with Crippen LogP contribution in [0.15, 0.2) is 76.7 Å². The third kappa shape index (κ3) is 4.19. The molecule has 0 saturated carbocycles. The molecule has 1 fully saturated rings. The van der Waals surface area contributed by atoms with Crippen LogP contribution in [0.4, 0.5) is 11.5 Å². The van der Waals surface area contributed by atoms with Gasteiger partial charge in [-0.25, -0.2) is 9.97 Å². The maximum absolute atomic E-state index is 14.2. The van der Waals surface area contributed by atoms with E-state index in [-0.39, 0.29) is 17.0 Å². The average molecular weight is 529 g/mol. The van der Waals surface area contributed by atoms with Crippen LogP contribution < -0.4 is 21.6 Å². The van der Waals surface area contributed by atoms with E-state index in [1.165, 1.54) is 12.4 Å². The molecule has 3 N–H and O–H groups in total. The predicted octanol–water partition coefficient (Wildman–Crippen LogP) is 4.65. The normalized spacial score (nSPS) is 16.1. The number of benzene rings is 2. The van der Waals surface area contributed by atoms with Crippen LogP contribution in [0.3, 0.4) is 0 Å². The van der Waals surface area contributed by atoms with E-state index >= 15 is 0 Å². The standard InChI is InChI=1S/C28H25ClN6O3/c1-16(33-27-23-21(36)10-12-30-26(23)31-15-32-27)25-24(29)19-8-5-9-20(34-17-11-13-38-14-17)22(19)28(37)35(25)18-6-3-2-4-7-18/h2-10,12,15-17,34H,11,13-14H2,1H3,(H2,30,31,32,33,36)/t16-,17?/m0/s1. The molecule has 0 amide bonds. The number of H-pyrrole nitrogens is 1. The first-order valence-corrected chi connectivity index (χ1v) is 12.8. The molecule has 9 nitrogen and oxygen atoms in total. The number of halogens is 1. The number of hydrogen-bond donors (Lipinski definition) is 3. The van der Waals surface area contributed by atoms with Crippen LogP contribution in [0, 0.1) is 0 Å². The van der Waals surface area contributed by atoms with Crippen molar-refractivity contribution in [2.45, 2.75) is 25.4 Å². The Morgan fingerprint density at radius 3 is 2.71 bits per heavy atom. The van der Waals surface area contributed by atoms with Gasteiger partial charge in [0, 0.05) is 35.6 Å². The van der Waals surface area contributed by atoms with Gasteiger partial charge in [-0.2, -0.15) is 0 Å². The fraction of sp³-hybridized carbons (Fsp3) is 0.214. The van der Waals surface area contributed by atoms with Gasteiger partial charge in [0.15, 0.2) is 5.43 Å². The third-order valence-electron chi connectivity index (χ3n) is 6.80. The minimum atomic E-state index is -0.502. The molecule has 4 heterocycles. The Morgan fingerprint density at radius 1 is 1.08 bits per heavy atom. The van der Waals surface area contributed by atoms with E-state index < -0.39 is 6.04 Å². The van der Waals surface area contributed by atoms with Gasteiger partial charge in [-0.1, -0.05) is 41.9 Å². The van der Waals surface area contributed by atoms with E-state index in [1.54, 1.807) is 10.8 Å². The summed E-state index contributed by atoms with van der Waals surface area (Å²) in [6.07, 6.45) is 3.79. The lowest BCUT2D eigenvalue weighted by molar-refractivity contribution is 0.195. The second kappa shape index (κ2) is 9.92. The van der Waals surface area contributed by atoms with Crippen LogP contribution >= 0.6 is 11.6 Å². The molecule has 0 aliphatic carbocycles. The molecule has 3 aromatic heterocycles. The summed E-state index contributed by atoms with van der Waals surface area (Å²) in [5.41, 5.74) is 1.94. The summed E-state index contributed by atoms with van der Waals surface area (Å²) in [6, 6.07) is 16.1. The van der Waals surface area contributed by atoms with Crippen molar-refractivity contribution >= 4 is 44.9 Å². The van der Waals surface area contributed by atoms with Gasteiger partial charge in [-0.15, -0.1) is 0 Å². The van der Waals surface area contributed by atoms with Gasteiger partial charge < -0.3 is 20.4 Å². The maximum Gasteiger partial charge on any atom is 0.265 e. The van der Waals surface area contributed by atoms with Crippen molar-refractivity contribution in [2.24, 2.45) is 0 Å². The Bertz CT molecular complexity index is 1760. The van der Waals surface area contributed by atoms with Crippen molar-refractivity contribution in [1.82, 2.24) is 19.5 Å². The lowest BCUT2D eigenvalue weighted by atomic mass is 10.0. The van der Waals surface area contributed by atoms with Gasteiger partial charge in [-0.3, -0.25) is 14.2 Å². The number of nitrogens with one attached hydrogen (secondary N) is 3. The number of aromatic nitrogens is 4. The van der Waals surface area contributed by atoms with E-state index in [0.29, 0.717) is 57.2 Å². The molecular weight excluding hydrogens is 504 g/mol. The molecular formula is C28H25ClN6O3.